The largest absolute Gasteiger partial charge is 0.305 e. The molecule has 3 heteroatoms. The van der Waals surface area contributed by atoms with Gasteiger partial charge in [0.2, 0.25) is 0 Å². The molecular weight excluding hydrogens is 108 g/mol. The van der Waals surface area contributed by atoms with Crippen molar-refractivity contribution in [2.24, 2.45) is 0 Å². The Morgan fingerprint density at radius 1 is 1.86 bits per heavy atom. The molecule has 0 spiro atoms. The van der Waals surface area contributed by atoms with E-state index in [4.69, 9.17) is 0 Å². The molecule has 1 aliphatic rings. The Morgan fingerprint density at radius 2 is 2.71 bits per heavy atom. The Kier molecular flexibility index (Phi) is 1.59. The van der Waals surface area contributed by atoms with Crippen LogP contribution in [-0.2, 0) is 0 Å². The van der Waals surface area contributed by atoms with Crippen molar-refractivity contribution < 1.29 is 0 Å². The van der Waals surface area contributed by atoms with Gasteiger partial charge in [0.25, 0.3) is 0 Å². The molecule has 0 unspecified atom stereocenters. The minimum Gasteiger partial charge on any atom is -0.305 e. The minimum atomic E-state index is 1.04. The zero-order chi connectivity index (χ0) is 5.11. The molecule has 7 heavy (non-hydrogen) atoms. The number of hydrogen-bond acceptors (Lipinski definition) is 3. The summed E-state index contributed by atoms with van der Waals surface area (Å²) in [4.78, 5) is 0. The molecule has 0 radical (unpaired) electrons. The van der Waals surface area contributed by atoms with Gasteiger partial charge in [0.15, 0.2) is 0 Å². The molecule has 1 aliphatic heterocycles. The lowest BCUT2D eigenvalue weighted by Crippen LogP contribution is -2.26. The first-order valence-corrected chi connectivity index (χ1v) is 3.20. The van der Waals surface area contributed by atoms with Gasteiger partial charge in [-0.15, -0.1) is 11.8 Å². The Balaban J connectivity index is 2.28. The van der Waals surface area contributed by atoms with E-state index in [1.165, 1.54) is 0 Å². The summed E-state index contributed by atoms with van der Waals surface area (Å²) in [5.74, 6) is 1.04. The van der Waals surface area contributed by atoms with Gasteiger partial charge in [0.05, 0.1) is 5.88 Å². The van der Waals surface area contributed by atoms with Gasteiger partial charge in [-0.1, -0.05) is 0 Å². The van der Waals surface area contributed by atoms with Crippen molar-refractivity contribution in [2.75, 3.05) is 12.9 Å². The Morgan fingerprint density at radius 3 is 3.00 bits per heavy atom. The highest BCUT2D eigenvalue weighted by Crippen LogP contribution is 2.11. The standard InChI is InChI=1S/C4H8N2S/c1-5-6-2-3-7-4-6/h2-3,5H,4H2,1H3. The number of thioether (sulfide) groups is 1. The summed E-state index contributed by atoms with van der Waals surface area (Å²) >= 11 is 1.79. The van der Waals surface area contributed by atoms with Gasteiger partial charge >= 0.3 is 0 Å². The quantitative estimate of drug-likeness (QED) is 0.540. The van der Waals surface area contributed by atoms with Crippen LogP contribution in [0.15, 0.2) is 11.6 Å². The minimum absolute atomic E-state index is 1.04. The third kappa shape index (κ3) is 1.11. The average Bonchev–Trinajstić information content (AvgIpc) is 2.14. The molecule has 0 saturated carbocycles. The lowest BCUT2D eigenvalue weighted by atomic mass is 10.9. The Bertz CT molecular complexity index is 81.8. The summed E-state index contributed by atoms with van der Waals surface area (Å²) in [5, 5.41) is 4.08. The van der Waals surface area contributed by atoms with E-state index in [1.54, 1.807) is 11.8 Å². The van der Waals surface area contributed by atoms with Crippen LogP contribution in [0.4, 0.5) is 0 Å². The molecule has 1 rings (SSSR count). The van der Waals surface area contributed by atoms with Gasteiger partial charge in [0, 0.05) is 13.2 Å². The van der Waals surface area contributed by atoms with Crippen molar-refractivity contribution >= 4 is 11.8 Å². The lowest BCUT2D eigenvalue weighted by molar-refractivity contribution is 0.357. The van der Waals surface area contributed by atoms with Gasteiger partial charge in [-0.05, 0) is 5.41 Å². The molecule has 1 heterocycles. The van der Waals surface area contributed by atoms with Crippen LogP contribution in [0.1, 0.15) is 0 Å². The van der Waals surface area contributed by atoms with Gasteiger partial charge in [-0.3, -0.25) is 0 Å². The fourth-order valence-electron chi connectivity index (χ4n) is 0.422. The zero-order valence-electron chi connectivity index (χ0n) is 4.22. The molecule has 40 valence electrons. The second kappa shape index (κ2) is 2.23. The van der Waals surface area contributed by atoms with Crippen LogP contribution in [0.25, 0.3) is 0 Å². The molecule has 1 N–H and O–H groups in total. The predicted molar refractivity (Wildman–Crippen MR) is 32.5 cm³/mol. The van der Waals surface area contributed by atoms with Crippen molar-refractivity contribution in [2.45, 2.75) is 0 Å². The van der Waals surface area contributed by atoms with Gasteiger partial charge in [-0.25, -0.2) is 5.43 Å². The summed E-state index contributed by atoms with van der Waals surface area (Å²) in [6.07, 6.45) is 2.02. The highest BCUT2D eigenvalue weighted by molar-refractivity contribution is 8.02. The van der Waals surface area contributed by atoms with Crippen molar-refractivity contribution in [3.8, 4) is 0 Å². The molecule has 0 aromatic heterocycles. The number of hydrogen-bond donors (Lipinski definition) is 1. The van der Waals surface area contributed by atoms with Gasteiger partial charge in [-0.2, -0.15) is 0 Å². The predicted octanol–water partition coefficient (Wildman–Crippen LogP) is 0.598. The van der Waals surface area contributed by atoms with E-state index in [0.29, 0.717) is 0 Å². The van der Waals surface area contributed by atoms with Gasteiger partial charge < -0.3 is 5.01 Å². The van der Waals surface area contributed by atoms with Crippen LogP contribution in [0, 0.1) is 0 Å². The second-order valence-electron chi connectivity index (χ2n) is 1.27. The first kappa shape index (κ1) is 5.00. The monoisotopic (exact) mass is 116 g/mol. The SMILES string of the molecule is CNN1C=CSC1. The average molecular weight is 116 g/mol. The van der Waals surface area contributed by atoms with Crippen molar-refractivity contribution in [3.05, 3.63) is 11.6 Å². The van der Waals surface area contributed by atoms with E-state index in [1.807, 2.05) is 18.3 Å². The molecular formula is C4H8N2S. The third-order valence-electron chi connectivity index (χ3n) is 0.838. The molecule has 0 atom stereocenters. The summed E-state index contributed by atoms with van der Waals surface area (Å²) < 4.78 is 0. The molecule has 0 saturated heterocycles. The topological polar surface area (TPSA) is 15.3 Å². The number of nitrogens with one attached hydrogen (secondary N) is 1. The Labute approximate surface area is 47.5 Å². The zero-order valence-corrected chi connectivity index (χ0v) is 5.03. The van der Waals surface area contributed by atoms with E-state index >= 15 is 0 Å². The van der Waals surface area contributed by atoms with Crippen LogP contribution in [0.3, 0.4) is 0 Å². The van der Waals surface area contributed by atoms with E-state index in [9.17, 15) is 0 Å². The third-order valence-corrected chi connectivity index (χ3v) is 1.58. The number of hydrazine groups is 1. The van der Waals surface area contributed by atoms with Crippen LogP contribution in [0.2, 0.25) is 0 Å². The molecule has 0 aromatic rings. The molecule has 0 amide bonds. The lowest BCUT2D eigenvalue weighted by Gasteiger charge is -2.10. The van der Waals surface area contributed by atoms with Crippen LogP contribution >= 0.6 is 11.8 Å². The molecule has 0 aliphatic carbocycles. The highest BCUT2D eigenvalue weighted by atomic mass is 32.2. The summed E-state index contributed by atoms with van der Waals surface area (Å²) in [6.45, 7) is 0. The normalized spacial score (nSPS) is 18.7. The summed E-state index contributed by atoms with van der Waals surface area (Å²) in [6, 6.07) is 0. The fourth-order valence-corrected chi connectivity index (χ4v) is 1.12. The molecule has 0 fully saturated rings. The highest BCUT2D eigenvalue weighted by Gasteiger charge is 1.97. The van der Waals surface area contributed by atoms with Gasteiger partial charge in [0.1, 0.15) is 0 Å². The second-order valence-corrected chi connectivity index (χ2v) is 2.14. The maximum Gasteiger partial charge on any atom is 0.0833 e. The van der Waals surface area contributed by atoms with Crippen LogP contribution in [0.5, 0.6) is 0 Å². The fraction of sp³-hybridized carbons (Fsp3) is 0.500. The summed E-state index contributed by atoms with van der Waals surface area (Å²) in [5.41, 5.74) is 2.99. The van der Waals surface area contributed by atoms with E-state index < -0.39 is 0 Å². The smallest absolute Gasteiger partial charge is 0.0833 e. The Hall–Kier alpha value is -0.150. The maximum atomic E-state index is 2.99. The number of rotatable bonds is 1. The van der Waals surface area contributed by atoms with E-state index in [2.05, 4.69) is 10.8 Å². The molecule has 0 bridgehead atoms. The van der Waals surface area contributed by atoms with Crippen molar-refractivity contribution in [1.82, 2.24) is 10.4 Å². The number of nitrogens with zero attached hydrogens (tertiary/aromatic N) is 1. The van der Waals surface area contributed by atoms with Crippen LogP contribution in [-0.4, -0.2) is 17.9 Å². The van der Waals surface area contributed by atoms with Crippen LogP contribution < -0.4 is 5.43 Å². The van der Waals surface area contributed by atoms with Crippen molar-refractivity contribution in [3.63, 3.8) is 0 Å². The maximum absolute atomic E-state index is 2.99. The van der Waals surface area contributed by atoms with E-state index in [0.717, 1.165) is 5.88 Å². The first-order chi connectivity index (χ1) is 3.43. The molecule has 0 aromatic carbocycles. The van der Waals surface area contributed by atoms with E-state index in [-0.39, 0.29) is 0 Å². The van der Waals surface area contributed by atoms with Crippen molar-refractivity contribution in [1.29, 1.82) is 0 Å². The summed E-state index contributed by atoms with van der Waals surface area (Å²) in [7, 11) is 1.91. The molecule has 2 nitrogen and oxygen atoms in total. The first-order valence-electron chi connectivity index (χ1n) is 2.16.